The molecule has 42 heavy (non-hydrogen) atoms. The summed E-state index contributed by atoms with van der Waals surface area (Å²) in [5.74, 6) is -1.12. The molecule has 0 bridgehead atoms. The van der Waals surface area contributed by atoms with Gasteiger partial charge in [0.05, 0.1) is 30.0 Å². The van der Waals surface area contributed by atoms with Crippen LogP contribution in [0.25, 0.3) is 11.3 Å². The van der Waals surface area contributed by atoms with Crippen molar-refractivity contribution in [3.63, 3.8) is 0 Å². The zero-order valence-corrected chi connectivity index (χ0v) is 23.0. The average molecular weight is 621 g/mol. The highest BCUT2D eigenvalue weighted by Crippen LogP contribution is 2.36. The molecule has 1 aliphatic heterocycles. The molecule has 1 saturated heterocycles. The lowest BCUT2D eigenvalue weighted by Crippen LogP contribution is -2.38. The summed E-state index contributed by atoms with van der Waals surface area (Å²) in [7, 11) is 1.44. The Bertz CT molecular complexity index is 1320. The maximum Gasteiger partial charge on any atom is 0.416 e. The first-order valence-electron chi connectivity index (χ1n) is 12.5. The van der Waals surface area contributed by atoms with E-state index in [1.54, 1.807) is 24.3 Å². The number of carboxylic acid groups (broad SMARTS) is 1. The van der Waals surface area contributed by atoms with Crippen molar-refractivity contribution in [1.29, 1.82) is 0 Å². The Morgan fingerprint density at radius 1 is 1.07 bits per heavy atom. The number of rotatable bonds is 8. The van der Waals surface area contributed by atoms with Crippen molar-refractivity contribution in [1.82, 2.24) is 20.2 Å². The van der Waals surface area contributed by atoms with E-state index in [0.29, 0.717) is 29.3 Å². The normalized spacial score (nSPS) is 14.2. The molecule has 1 fully saturated rings. The molecule has 0 saturated carbocycles. The van der Waals surface area contributed by atoms with E-state index in [1.807, 2.05) is 0 Å². The molecule has 2 aromatic carbocycles. The van der Waals surface area contributed by atoms with Gasteiger partial charge in [0.1, 0.15) is 12.2 Å². The highest BCUT2D eigenvalue weighted by molar-refractivity contribution is 6.33. The topological polar surface area (TPSA) is 96.8 Å². The number of ether oxygens (including phenoxy) is 2. The number of aromatic carboxylic acids is 1. The molecule has 0 radical (unpaired) electrons. The molecule has 228 valence electrons. The number of aromatic nitrogens is 2. The zero-order chi connectivity index (χ0) is 30.9. The van der Waals surface area contributed by atoms with Gasteiger partial charge in [0.2, 0.25) is 0 Å². The van der Waals surface area contributed by atoms with E-state index in [-0.39, 0.29) is 35.4 Å². The van der Waals surface area contributed by atoms with E-state index in [4.69, 9.17) is 21.1 Å². The van der Waals surface area contributed by atoms with Crippen LogP contribution in [0.1, 0.15) is 27.0 Å². The zero-order valence-electron chi connectivity index (χ0n) is 22.2. The van der Waals surface area contributed by atoms with Crippen LogP contribution in [-0.4, -0.2) is 72.4 Å². The van der Waals surface area contributed by atoms with Crippen molar-refractivity contribution in [3.8, 4) is 17.3 Å². The summed E-state index contributed by atoms with van der Waals surface area (Å²) in [4.78, 5) is 21.9. The van der Waals surface area contributed by atoms with Gasteiger partial charge in [-0.15, -0.1) is 0 Å². The Morgan fingerprint density at radius 3 is 2.24 bits per heavy atom. The highest BCUT2D eigenvalue weighted by atomic mass is 35.5. The number of benzene rings is 2. The molecule has 1 aromatic heterocycles. The minimum atomic E-state index is -4.79. The smallest absolute Gasteiger partial charge is 0.416 e. The second-order valence-corrected chi connectivity index (χ2v) is 9.35. The molecule has 8 nitrogen and oxygen atoms in total. The maximum absolute atomic E-state index is 12.4. The fourth-order valence-corrected chi connectivity index (χ4v) is 4.09. The van der Waals surface area contributed by atoms with E-state index < -0.39 is 29.4 Å². The number of carbonyl (C=O) groups is 1. The lowest BCUT2D eigenvalue weighted by Gasteiger charge is -2.26. The van der Waals surface area contributed by atoms with E-state index in [0.717, 1.165) is 32.8 Å². The fourth-order valence-electron chi connectivity index (χ4n) is 3.87. The molecule has 0 unspecified atom stereocenters. The van der Waals surface area contributed by atoms with Crippen molar-refractivity contribution < 1.29 is 45.7 Å². The summed E-state index contributed by atoms with van der Waals surface area (Å²) in [5.41, 5.74) is -1.89. The van der Waals surface area contributed by atoms with E-state index >= 15 is 0 Å². The van der Waals surface area contributed by atoms with Crippen LogP contribution in [0.3, 0.4) is 0 Å². The number of nitrogens with one attached hydrogen (secondary N) is 1. The van der Waals surface area contributed by atoms with Gasteiger partial charge < -0.3 is 19.9 Å². The molecule has 2 heterocycles. The minimum Gasteiger partial charge on any atom is -0.478 e. The number of hydrogen-bond acceptors (Lipinski definition) is 7. The summed E-state index contributed by atoms with van der Waals surface area (Å²) < 4.78 is 85.2. The number of nitrogens with zero attached hydrogens (tertiary/aromatic N) is 3. The largest absolute Gasteiger partial charge is 0.478 e. The quantitative estimate of drug-likeness (QED) is 0.312. The number of morpholine rings is 1. The molecular weight excluding hydrogens is 594 g/mol. The number of halogens is 7. The van der Waals surface area contributed by atoms with Crippen molar-refractivity contribution in [3.05, 3.63) is 75.9 Å². The third kappa shape index (κ3) is 9.54. The standard InChI is InChI=1S/C17H18ClN3O4.C10H9F6N/c18-14-4-2-1-3-12(14)15-13(16(22)23)11-19-17(20-15)25-10-7-21-5-8-24-9-6-21;1-17-5-6-2-7(9(11,12)13)4-8(3-6)10(14,15)16/h1-4,11H,5-10H2,(H,22,23);2-4,17H,5H2,1H3. The Balaban J connectivity index is 0.000000250. The summed E-state index contributed by atoms with van der Waals surface area (Å²) in [6.45, 7) is 4.26. The van der Waals surface area contributed by atoms with Gasteiger partial charge >= 0.3 is 24.3 Å². The molecule has 0 spiro atoms. The molecule has 2 N–H and O–H groups in total. The predicted octanol–water partition coefficient (Wildman–Crippen LogP) is 5.65. The number of hydrogen-bond donors (Lipinski definition) is 2. The van der Waals surface area contributed by atoms with Crippen LogP contribution < -0.4 is 10.1 Å². The van der Waals surface area contributed by atoms with Gasteiger partial charge in [0.25, 0.3) is 0 Å². The second-order valence-electron chi connectivity index (χ2n) is 8.95. The lowest BCUT2D eigenvalue weighted by molar-refractivity contribution is -0.143. The van der Waals surface area contributed by atoms with Gasteiger partial charge in [-0.2, -0.15) is 31.3 Å². The highest BCUT2D eigenvalue weighted by Gasteiger charge is 2.36. The van der Waals surface area contributed by atoms with Gasteiger partial charge in [-0.25, -0.2) is 9.78 Å². The number of alkyl halides is 6. The third-order valence-corrected chi connectivity index (χ3v) is 6.23. The van der Waals surface area contributed by atoms with Crippen LogP contribution in [-0.2, 0) is 23.6 Å². The number of carboxylic acids is 1. The SMILES string of the molecule is CNCc1cc(C(F)(F)F)cc(C(F)(F)F)c1.O=C(O)c1cnc(OCCN2CCOCC2)nc1-c1ccccc1Cl. The lowest BCUT2D eigenvalue weighted by atomic mass is 10.0. The molecule has 1 aliphatic rings. The molecule has 0 atom stereocenters. The van der Waals surface area contributed by atoms with E-state index in [2.05, 4.69) is 20.2 Å². The van der Waals surface area contributed by atoms with Gasteiger partial charge in [-0.3, -0.25) is 4.90 Å². The Labute approximate surface area is 242 Å². The first kappa shape index (κ1) is 33.0. The monoisotopic (exact) mass is 620 g/mol. The fraction of sp³-hybridized carbons (Fsp3) is 0.370. The molecule has 4 rings (SSSR count). The van der Waals surface area contributed by atoms with E-state index in [9.17, 15) is 36.2 Å². The van der Waals surface area contributed by atoms with Crippen LogP contribution in [0, 0.1) is 0 Å². The molecular formula is C27H27ClF6N4O4. The summed E-state index contributed by atoms with van der Waals surface area (Å²) in [6, 6.07) is 8.59. The second kappa shape index (κ2) is 14.6. The Kier molecular flexibility index (Phi) is 11.5. The first-order valence-corrected chi connectivity index (χ1v) is 12.9. The van der Waals surface area contributed by atoms with Crippen LogP contribution in [0.2, 0.25) is 5.02 Å². The van der Waals surface area contributed by atoms with Gasteiger partial charge in [-0.05, 0) is 36.9 Å². The van der Waals surface area contributed by atoms with Gasteiger partial charge in [0.15, 0.2) is 0 Å². The molecule has 0 aliphatic carbocycles. The predicted molar refractivity (Wildman–Crippen MR) is 141 cm³/mol. The molecule has 15 heteroatoms. The summed E-state index contributed by atoms with van der Waals surface area (Å²) in [5, 5.41) is 12.3. The van der Waals surface area contributed by atoms with Crippen LogP contribution in [0.15, 0.2) is 48.7 Å². The van der Waals surface area contributed by atoms with Crippen molar-refractivity contribution in [2.45, 2.75) is 18.9 Å². The Morgan fingerprint density at radius 2 is 1.69 bits per heavy atom. The van der Waals surface area contributed by atoms with Crippen LogP contribution in [0.5, 0.6) is 6.01 Å². The van der Waals surface area contributed by atoms with Crippen molar-refractivity contribution in [2.75, 3.05) is 46.5 Å². The van der Waals surface area contributed by atoms with Gasteiger partial charge in [-0.1, -0.05) is 29.8 Å². The Hall–Kier alpha value is -3.46. The summed E-state index contributed by atoms with van der Waals surface area (Å²) >= 11 is 6.18. The summed E-state index contributed by atoms with van der Waals surface area (Å²) in [6.07, 6.45) is -8.33. The molecule has 3 aromatic rings. The van der Waals surface area contributed by atoms with Crippen molar-refractivity contribution >= 4 is 17.6 Å². The average Bonchev–Trinajstić information content (AvgIpc) is 2.93. The van der Waals surface area contributed by atoms with Crippen molar-refractivity contribution in [2.24, 2.45) is 0 Å². The minimum absolute atomic E-state index is 0.0198. The third-order valence-electron chi connectivity index (χ3n) is 5.90. The van der Waals surface area contributed by atoms with Gasteiger partial charge in [0, 0.05) is 43.0 Å². The molecule has 0 amide bonds. The van der Waals surface area contributed by atoms with Crippen LogP contribution in [0.4, 0.5) is 26.3 Å². The van der Waals surface area contributed by atoms with Crippen LogP contribution >= 0.6 is 11.6 Å². The maximum atomic E-state index is 12.4. The van der Waals surface area contributed by atoms with E-state index in [1.165, 1.54) is 13.2 Å². The first-order chi connectivity index (χ1) is 19.8.